The molecule has 0 aliphatic heterocycles. The van der Waals surface area contributed by atoms with E-state index in [0.717, 1.165) is 17.3 Å². The molecule has 0 N–H and O–H groups in total. The number of furan rings is 1. The van der Waals surface area contributed by atoms with Gasteiger partial charge >= 0.3 is 0 Å². The van der Waals surface area contributed by atoms with E-state index in [4.69, 9.17) is 11.0 Å². The van der Waals surface area contributed by atoms with Crippen LogP contribution in [0.4, 0.5) is 0 Å². The van der Waals surface area contributed by atoms with Gasteiger partial charge in [-0.25, -0.2) is 6.57 Å². The summed E-state index contributed by atoms with van der Waals surface area (Å²) < 4.78 is 5.12. The van der Waals surface area contributed by atoms with Crippen molar-refractivity contribution in [1.29, 1.82) is 0 Å². The van der Waals surface area contributed by atoms with Crippen LogP contribution in [0.1, 0.15) is 5.76 Å². The minimum atomic E-state index is 0.603. The average Bonchev–Trinajstić information content (AvgIpc) is 2.50. The molecule has 0 unspecified atom stereocenters. The van der Waals surface area contributed by atoms with Crippen molar-refractivity contribution in [3.05, 3.63) is 35.6 Å². The number of thioether (sulfide) groups is 1. The fraction of sp³-hybridized carbons (Fsp3) is 0.375. The molecule has 11 heavy (non-hydrogen) atoms. The Balaban J connectivity index is 2.10. The second-order valence-corrected chi connectivity index (χ2v) is 3.12. The van der Waals surface area contributed by atoms with E-state index in [1.807, 2.05) is 12.1 Å². The maximum Gasteiger partial charge on any atom is 0.223 e. The summed E-state index contributed by atoms with van der Waals surface area (Å²) in [5, 5.41) is 0. The Bertz CT molecular complexity index is 225. The summed E-state index contributed by atoms with van der Waals surface area (Å²) >= 11 is 1.73. The Morgan fingerprint density at radius 2 is 2.55 bits per heavy atom. The second-order valence-electron chi connectivity index (χ2n) is 2.01. The van der Waals surface area contributed by atoms with Gasteiger partial charge in [0.1, 0.15) is 5.76 Å². The second kappa shape index (κ2) is 4.86. The molecule has 2 nitrogen and oxygen atoms in total. The van der Waals surface area contributed by atoms with E-state index in [9.17, 15) is 0 Å². The third-order valence-electron chi connectivity index (χ3n) is 1.17. The van der Waals surface area contributed by atoms with Gasteiger partial charge in [0.15, 0.2) is 0 Å². The number of nitrogens with zero attached hydrogens (tertiary/aromatic N) is 1. The molecule has 1 rings (SSSR count). The molecule has 1 aromatic rings. The summed E-state index contributed by atoms with van der Waals surface area (Å²) in [5.74, 6) is 2.76. The lowest BCUT2D eigenvalue weighted by atomic mass is 10.5. The Hall–Kier alpha value is -0.880. The summed E-state index contributed by atoms with van der Waals surface area (Å²) in [4.78, 5) is 3.25. The van der Waals surface area contributed by atoms with Gasteiger partial charge in [-0.1, -0.05) is 0 Å². The van der Waals surface area contributed by atoms with E-state index in [2.05, 4.69) is 4.85 Å². The van der Waals surface area contributed by atoms with E-state index in [0.29, 0.717) is 6.54 Å². The van der Waals surface area contributed by atoms with Crippen molar-refractivity contribution < 1.29 is 4.42 Å². The Kier molecular flexibility index (Phi) is 3.63. The Labute approximate surface area is 70.4 Å². The fourth-order valence-corrected chi connectivity index (χ4v) is 1.41. The molecular formula is C8H9NOS. The van der Waals surface area contributed by atoms with Crippen molar-refractivity contribution >= 4 is 11.8 Å². The molecule has 0 spiro atoms. The molecule has 0 aliphatic rings. The molecule has 0 radical (unpaired) electrons. The molecule has 0 fully saturated rings. The zero-order chi connectivity index (χ0) is 7.94. The van der Waals surface area contributed by atoms with Crippen LogP contribution in [0.3, 0.4) is 0 Å². The van der Waals surface area contributed by atoms with E-state index < -0.39 is 0 Å². The van der Waals surface area contributed by atoms with Crippen molar-refractivity contribution in [1.82, 2.24) is 0 Å². The first-order valence-corrected chi connectivity index (χ1v) is 4.52. The lowest BCUT2D eigenvalue weighted by Crippen LogP contribution is -1.82. The number of hydrogen-bond donors (Lipinski definition) is 0. The largest absolute Gasteiger partial charge is 0.468 e. The van der Waals surface area contributed by atoms with Crippen molar-refractivity contribution in [2.45, 2.75) is 5.75 Å². The third-order valence-corrected chi connectivity index (χ3v) is 2.13. The van der Waals surface area contributed by atoms with Crippen molar-refractivity contribution in [2.24, 2.45) is 0 Å². The van der Waals surface area contributed by atoms with Gasteiger partial charge in [0.2, 0.25) is 6.54 Å². The van der Waals surface area contributed by atoms with E-state index in [-0.39, 0.29) is 0 Å². The zero-order valence-electron chi connectivity index (χ0n) is 6.12. The van der Waals surface area contributed by atoms with E-state index in [1.54, 1.807) is 18.0 Å². The highest BCUT2D eigenvalue weighted by atomic mass is 32.2. The lowest BCUT2D eigenvalue weighted by molar-refractivity contribution is 0.530. The van der Waals surface area contributed by atoms with Gasteiger partial charge in [0.05, 0.1) is 17.8 Å². The Morgan fingerprint density at radius 3 is 3.18 bits per heavy atom. The molecular weight excluding hydrogens is 158 g/mol. The summed E-state index contributed by atoms with van der Waals surface area (Å²) in [6.07, 6.45) is 1.67. The van der Waals surface area contributed by atoms with Crippen LogP contribution in [-0.4, -0.2) is 12.3 Å². The predicted octanol–water partition coefficient (Wildman–Crippen LogP) is 2.43. The molecule has 3 heteroatoms. The normalized spacial score (nSPS) is 9.36. The first-order valence-electron chi connectivity index (χ1n) is 3.37. The van der Waals surface area contributed by atoms with Crippen molar-refractivity contribution in [3.63, 3.8) is 0 Å². The summed E-state index contributed by atoms with van der Waals surface area (Å²) in [6.45, 7) is 7.15. The topological polar surface area (TPSA) is 17.5 Å². The predicted molar refractivity (Wildman–Crippen MR) is 46.3 cm³/mol. The highest BCUT2D eigenvalue weighted by Gasteiger charge is 1.95. The van der Waals surface area contributed by atoms with Crippen molar-refractivity contribution in [2.75, 3.05) is 12.3 Å². The maximum absolute atomic E-state index is 6.54. The maximum atomic E-state index is 6.54. The van der Waals surface area contributed by atoms with Crippen LogP contribution in [0.2, 0.25) is 0 Å². The van der Waals surface area contributed by atoms with Gasteiger partial charge in [0, 0.05) is 0 Å². The lowest BCUT2D eigenvalue weighted by Gasteiger charge is -1.91. The van der Waals surface area contributed by atoms with Gasteiger partial charge in [-0.05, 0) is 12.1 Å². The van der Waals surface area contributed by atoms with Crippen LogP contribution in [0.15, 0.2) is 22.8 Å². The molecule has 58 valence electrons. The summed E-state index contributed by atoms with van der Waals surface area (Å²) in [5.41, 5.74) is 0. The summed E-state index contributed by atoms with van der Waals surface area (Å²) in [6, 6.07) is 3.83. The van der Waals surface area contributed by atoms with Crippen LogP contribution < -0.4 is 0 Å². The van der Waals surface area contributed by atoms with E-state index in [1.165, 1.54) is 0 Å². The van der Waals surface area contributed by atoms with Crippen molar-refractivity contribution in [3.8, 4) is 0 Å². The standard InChI is InChI=1S/C8H9NOS/c1-9-4-6-11-7-8-3-2-5-10-8/h2-3,5H,4,6-7H2. The SMILES string of the molecule is [C-]#[N+]CCSCc1ccco1. The molecule has 0 amide bonds. The van der Waals surface area contributed by atoms with Gasteiger partial charge in [-0.15, -0.1) is 11.8 Å². The molecule has 0 aliphatic carbocycles. The van der Waals surface area contributed by atoms with Gasteiger partial charge in [-0.2, -0.15) is 0 Å². The molecule has 0 saturated heterocycles. The molecule has 1 aromatic heterocycles. The average molecular weight is 167 g/mol. The minimum Gasteiger partial charge on any atom is -0.468 e. The fourth-order valence-electron chi connectivity index (χ4n) is 0.678. The summed E-state index contributed by atoms with van der Waals surface area (Å²) in [7, 11) is 0. The van der Waals surface area contributed by atoms with Crippen LogP contribution >= 0.6 is 11.8 Å². The first kappa shape index (κ1) is 8.22. The number of hydrogen-bond acceptors (Lipinski definition) is 2. The highest BCUT2D eigenvalue weighted by Crippen LogP contribution is 2.11. The molecule has 0 aromatic carbocycles. The number of rotatable bonds is 4. The minimum absolute atomic E-state index is 0.603. The van der Waals surface area contributed by atoms with E-state index >= 15 is 0 Å². The molecule has 0 atom stereocenters. The van der Waals surface area contributed by atoms with Crippen LogP contribution in [0, 0.1) is 6.57 Å². The quantitative estimate of drug-likeness (QED) is 0.506. The molecule has 1 heterocycles. The monoisotopic (exact) mass is 167 g/mol. The van der Waals surface area contributed by atoms with Gasteiger partial charge in [-0.3, -0.25) is 0 Å². The third kappa shape index (κ3) is 3.15. The highest BCUT2D eigenvalue weighted by molar-refractivity contribution is 7.98. The van der Waals surface area contributed by atoms with Crippen LogP contribution in [0.25, 0.3) is 4.85 Å². The molecule has 0 saturated carbocycles. The Morgan fingerprint density at radius 1 is 1.64 bits per heavy atom. The van der Waals surface area contributed by atoms with Gasteiger partial charge in [0.25, 0.3) is 0 Å². The smallest absolute Gasteiger partial charge is 0.223 e. The zero-order valence-corrected chi connectivity index (χ0v) is 6.93. The van der Waals surface area contributed by atoms with Gasteiger partial charge < -0.3 is 9.26 Å². The van der Waals surface area contributed by atoms with Crippen LogP contribution in [0.5, 0.6) is 0 Å². The molecule has 0 bridgehead atoms. The van der Waals surface area contributed by atoms with Crippen LogP contribution in [-0.2, 0) is 5.75 Å². The first-order chi connectivity index (χ1) is 5.43.